The van der Waals surface area contributed by atoms with Crippen molar-refractivity contribution in [1.29, 1.82) is 0 Å². The fourth-order valence-corrected chi connectivity index (χ4v) is 2.60. The molecule has 6 nitrogen and oxygen atoms in total. The van der Waals surface area contributed by atoms with E-state index < -0.39 is 0 Å². The first-order chi connectivity index (χ1) is 9.60. The Kier molecular flexibility index (Phi) is 3.13. The predicted molar refractivity (Wildman–Crippen MR) is 75.2 cm³/mol. The summed E-state index contributed by atoms with van der Waals surface area (Å²) in [5, 5.41) is 9.80. The molecule has 2 N–H and O–H groups in total. The molecule has 0 unspecified atom stereocenters. The molecule has 0 fully saturated rings. The summed E-state index contributed by atoms with van der Waals surface area (Å²) in [5.74, 6) is 1.21. The van der Waals surface area contributed by atoms with Crippen molar-refractivity contribution < 1.29 is 14.6 Å². The van der Waals surface area contributed by atoms with Gasteiger partial charge in [-0.3, -0.25) is 4.79 Å². The molecule has 7 heteroatoms. The van der Waals surface area contributed by atoms with Crippen LogP contribution in [0.3, 0.4) is 0 Å². The van der Waals surface area contributed by atoms with Crippen molar-refractivity contribution in [3.8, 4) is 28.8 Å². The van der Waals surface area contributed by atoms with Gasteiger partial charge in [-0.1, -0.05) is 6.92 Å². The number of hydrogen-bond acceptors (Lipinski definition) is 5. The van der Waals surface area contributed by atoms with Crippen LogP contribution in [0.5, 0.6) is 17.4 Å². The molecule has 0 amide bonds. The van der Waals surface area contributed by atoms with Crippen LogP contribution in [-0.4, -0.2) is 21.9 Å². The minimum Gasteiger partial charge on any atom is -0.493 e. The lowest BCUT2D eigenvalue weighted by molar-refractivity contribution is 0.173. The molecule has 104 valence electrons. The lowest BCUT2D eigenvalue weighted by Crippen LogP contribution is -2.14. The van der Waals surface area contributed by atoms with Crippen LogP contribution in [0.25, 0.3) is 11.4 Å². The Labute approximate surface area is 122 Å². The molecule has 0 spiro atoms. The Morgan fingerprint density at radius 3 is 2.95 bits per heavy atom. The number of benzene rings is 1. The van der Waals surface area contributed by atoms with Crippen molar-refractivity contribution in [3.05, 3.63) is 32.5 Å². The molecule has 1 aliphatic heterocycles. The second-order valence-corrected chi connectivity index (χ2v) is 5.12. The molecule has 0 aliphatic carbocycles. The van der Waals surface area contributed by atoms with Crippen LogP contribution in [0.15, 0.2) is 21.4 Å². The minimum absolute atomic E-state index is 0.154. The molecule has 1 aromatic carbocycles. The smallest absolute Gasteiger partial charge is 0.258 e. The number of aromatic hydroxyl groups is 1. The molecule has 3 rings (SSSR count). The zero-order valence-corrected chi connectivity index (χ0v) is 12.2. The van der Waals surface area contributed by atoms with Gasteiger partial charge in [-0.25, -0.2) is 0 Å². The van der Waals surface area contributed by atoms with E-state index in [-0.39, 0.29) is 29.6 Å². The van der Waals surface area contributed by atoms with Crippen LogP contribution in [0.4, 0.5) is 0 Å². The van der Waals surface area contributed by atoms with E-state index in [1.54, 1.807) is 19.1 Å². The highest BCUT2D eigenvalue weighted by Crippen LogP contribution is 2.41. The summed E-state index contributed by atoms with van der Waals surface area (Å²) in [7, 11) is 0. The Morgan fingerprint density at radius 2 is 2.25 bits per heavy atom. The summed E-state index contributed by atoms with van der Waals surface area (Å²) in [6.07, 6.45) is 0.416. The summed E-state index contributed by atoms with van der Waals surface area (Å²) in [4.78, 5) is 18.5. The van der Waals surface area contributed by atoms with Gasteiger partial charge in [-0.05, 0) is 34.5 Å². The van der Waals surface area contributed by atoms with Gasteiger partial charge in [0.25, 0.3) is 5.56 Å². The largest absolute Gasteiger partial charge is 0.493 e. The lowest BCUT2D eigenvalue weighted by Gasteiger charge is -2.07. The van der Waals surface area contributed by atoms with E-state index in [4.69, 9.17) is 9.47 Å². The second-order valence-electron chi connectivity index (χ2n) is 4.26. The van der Waals surface area contributed by atoms with Crippen molar-refractivity contribution in [2.75, 3.05) is 6.79 Å². The zero-order valence-electron chi connectivity index (χ0n) is 10.6. The van der Waals surface area contributed by atoms with Gasteiger partial charge in [-0.15, -0.1) is 0 Å². The van der Waals surface area contributed by atoms with Crippen LogP contribution in [0.2, 0.25) is 0 Å². The van der Waals surface area contributed by atoms with E-state index in [2.05, 4.69) is 25.9 Å². The summed E-state index contributed by atoms with van der Waals surface area (Å²) in [6, 6.07) is 3.45. The van der Waals surface area contributed by atoms with Gasteiger partial charge in [0.1, 0.15) is 5.82 Å². The van der Waals surface area contributed by atoms with Crippen molar-refractivity contribution in [2.45, 2.75) is 13.3 Å². The number of ether oxygens (including phenoxy) is 2. The van der Waals surface area contributed by atoms with E-state index in [0.29, 0.717) is 28.0 Å². The molecular formula is C13H11BrN2O4. The van der Waals surface area contributed by atoms with Crippen LogP contribution >= 0.6 is 15.9 Å². The molecule has 2 aromatic rings. The summed E-state index contributed by atoms with van der Waals surface area (Å²) in [6.45, 7) is 1.93. The number of halogens is 1. The maximum atomic E-state index is 11.9. The van der Waals surface area contributed by atoms with Gasteiger partial charge in [0.05, 0.1) is 10.0 Å². The quantitative estimate of drug-likeness (QED) is 0.876. The summed E-state index contributed by atoms with van der Waals surface area (Å²) < 4.78 is 11.3. The molecule has 2 heterocycles. The van der Waals surface area contributed by atoms with Crippen LogP contribution in [0, 0.1) is 0 Å². The van der Waals surface area contributed by atoms with Crippen molar-refractivity contribution in [2.24, 2.45) is 0 Å². The lowest BCUT2D eigenvalue weighted by atomic mass is 10.1. The summed E-state index contributed by atoms with van der Waals surface area (Å²) >= 11 is 3.37. The number of nitrogens with one attached hydrogen (secondary N) is 1. The van der Waals surface area contributed by atoms with Gasteiger partial charge in [0.15, 0.2) is 11.5 Å². The molecule has 0 saturated carbocycles. The highest BCUT2D eigenvalue weighted by atomic mass is 79.9. The van der Waals surface area contributed by atoms with E-state index in [0.717, 1.165) is 0 Å². The number of fused-ring (bicyclic) bond motifs is 1. The Bertz CT molecular complexity index is 742. The Balaban J connectivity index is 2.15. The van der Waals surface area contributed by atoms with Gasteiger partial charge in [0.2, 0.25) is 12.7 Å². The van der Waals surface area contributed by atoms with E-state index >= 15 is 0 Å². The molecule has 1 aliphatic rings. The normalized spacial score (nSPS) is 12.7. The van der Waals surface area contributed by atoms with E-state index in [1.807, 2.05) is 0 Å². The number of rotatable bonds is 2. The topological polar surface area (TPSA) is 84.4 Å². The predicted octanol–water partition coefficient (Wildman–Crippen LogP) is 2.20. The standard InChI is InChI=1S/C13H11BrN2O4/c1-2-7-12(17)15-11(16-13(7)18)6-3-8(14)10-9(4-6)19-5-20-10/h3-4H,2,5H2,1H3,(H2,15,16,17,18). The second kappa shape index (κ2) is 4.82. The van der Waals surface area contributed by atoms with Crippen LogP contribution in [-0.2, 0) is 6.42 Å². The fraction of sp³-hybridized carbons (Fsp3) is 0.231. The third-order valence-electron chi connectivity index (χ3n) is 3.05. The minimum atomic E-state index is -0.344. The van der Waals surface area contributed by atoms with Crippen LogP contribution in [0.1, 0.15) is 12.5 Å². The molecule has 0 radical (unpaired) electrons. The number of hydrogen-bond donors (Lipinski definition) is 2. The number of aromatic nitrogens is 2. The average molecular weight is 339 g/mol. The van der Waals surface area contributed by atoms with Crippen molar-refractivity contribution in [1.82, 2.24) is 9.97 Å². The first-order valence-corrected chi connectivity index (χ1v) is 6.81. The fourth-order valence-electron chi connectivity index (χ4n) is 2.05. The maximum absolute atomic E-state index is 11.9. The van der Waals surface area contributed by atoms with Gasteiger partial charge in [-0.2, -0.15) is 4.98 Å². The highest BCUT2D eigenvalue weighted by molar-refractivity contribution is 9.10. The Hall–Kier alpha value is -2.02. The number of aromatic amines is 1. The number of nitrogens with zero attached hydrogens (tertiary/aromatic N) is 1. The molecule has 0 atom stereocenters. The molecule has 1 aromatic heterocycles. The maximum Gasteiger partial charge on any atom is 0.258 e. The monoisotopic (exact) mass is 338 g/mol. The molecule has 20 heavy (non-hydrogen) atoms. The number of H-pyrrole nitrogens is 1. The zero-order chi connectivity index (χ0) is 14.3. The van der Waals surface area contributed by atoms with Crippen LogP contribution < -0.4 is 15.0 Å². The van der Waals surface area contributed by atoms with Gasteiger partial charge < -0.3 is 19.6 Å². The van der Waals surface area contributed by atoms with Gasteiger partial charge in [0, 0.05) is 5.56 Å². The van der Waals surface area contributed by atoms with Gasteiger partial charge >= 0.3 is 0 Å². The van der Waals surface area contributed by atoms with E-state index in [1.165, 1.54) is 0 Å². The molecule has 0 saturated heterocycles. The van der Waals surface area contributed by atoms with E-state index in [9.17, 15) is 9.90 Å². The Morgan fingerprint density at radius 1 is 1.45 bits per heavy atom. The molecule has 0 bridgehead atoms. The summed E-state index contributed by atoms with van der Waals surface area (Å²) in [5.41, 5.74) is 0.550. The average Bonchev–Trinajstić information content (AvgIpc) is 2.87. The SMILES string of the molecule is CCc1c(O)nc(-c2cc(Br)c3c(c2)OCO3)[nH]c1=O. The first-order valence-electron chi connectivity index (χ1n) is 6.01. The molecular weight excluding hydrogens is 328 g/mol. The first kappa shape index (κ1) is 13.0. The third kappa shape index (κ3) is 2.03. The highest BCUT2D eigenvalue weighted by Gasteiger charge is 2.20. The van der Waals surface area contributed by atoms with Crippen molar-refractivity contribution >= 4 is 15.9 Å². The third-order valence-corrected chi connectivity index (χ3v) is 3.64. The van der Waals surface area contributed by atoms with Crippen molar-refractivity contribution in [3.63, 3.8) is 0 Å².